The van der Waals surface area contributed by atoms with Gasteiger partial charge in [-0.1, -0.05) is 71.4 Å². The highest BCUT2D eigenvalue weighted by atomic mass is 79.9. The lowest BCUT2D eigenvalue weighted by Gasteiger charge is -2.32. The molecule has 0 radical (unpaired) electrons. The molecule has 0 spiro atoms. The van der Waals surface area contributed by atoms with Crippen molar-refractivity contribution >= 4 is 27.7 Å². The minimum Gasteiger partial charge on any atom is -0.486 e. The molecule has 0 bridgehead atoms. The average molecular weight is 580 g/mol. The number of carbonyl (C=O) groups excluding carboxylic acids is 2. The Bertz CT molecular complexity index is 1220. The van der Waals surface area contributed by atoms with Crippen LogP contribution >= 0.6 is 15.9 Å². The Morgan fingerprint density at radius 2 is 1.61 bits per heavy atom. The summed E-state index contributed by atoms with van der Waals surface area (Å²) in [6.45, 7) is 5.42. The summed E-state index contributed by atoms with van der Waals surface area (Å²) in [6, 6.07) is 22.9. The third-order valence-corrected chi connectivity index (χ3v) is 7.30. The van der Waals surface area contributed by atoms with Crippen molar-refractivity contribution in [1.29, 1.82) is 0 Å². The van der Waals surface area contributed by atoms with Crippen LogP contribution in [-0.2, 0) is 29.0 Å². The molecule has 0 aliphatic carbocycles. The van der Waals surface area contributed by atoms with E-state index in [1.807, 2.05) is 86.6 Å². The van der Waals surface area contributed by atoms with Gasteiger partial charge < -0.3 is 19.7 Å². The number of nitrogens with zero attached hydrogens (tertiary/aromatic N) is 1. The first kappa shape index (κ1) is 27.7. The van der Waals surface area contributed by atoms with Crippen molar-refractivity contribution in [2.75, 3.05) is 13.2 Å². The molecule has 6 nitrogen and oxygen atoms in total. The van der Waals surface area contributed by atoms with Crippen LogP contribution in [0.1, 0.15) is 43.4 Å². The SMILES string of the molecule is CC[C@@H](C)NC(=O)[C@@H](Cc1ccccc1)N(Cc1ccc(Br)cc1)C(=O)CCc1ccc2c(c1)OCCO2. The number of hydrogen-bond donors (Lipinski definition) is 1. The summed E-state index contributed by atoms with van der Waals surface area (Å²) in [5.74, 6) is 1.24. The lowest BCUT2D eigenvalue weighted by Crippen LogP contribution is -2.52. The fourth-order valence-corrected chi connectivity index (χ4v) is 4.68. The molecule has 1 aliphatic rings. The van der Waals surface area contributed by atoms with Crippen LogP contribution in [0, 0.1) is 0 Å². The molecule has 4 rings (SSSR count). The predicted octanol–water partition coefficient (Wildman–Crippen LogP) is 5.71. The Morgan fingerprint density at radius 1 is 0.921 bits per heavy atom. The lowest BCUT2D eigenvalue weighted by atomic mass is 10.0. The zero-order valence-corrected chi connectivity index (χ0v) is 23.6. The average Bonchev–Trinajstić information content (AvgIpc) is 2.94. The highest BCUT2D eigenvalue weighted by molar-refractivity contribution is 9.10. The molecular weight excluding hydrogens is 544 g/mol. The van der Waals surface area contributed by atoms with Crippen LogP contribution < -0.4 is 14.8 Å². The maximum absolute atomic E-state index is 13.8. The van der Waals surface area contributed by atoms with E-state index in [1.54, 1.807) is 4.90 Å². The molecule has 0 saturated carbocycles. The van der Waals surface area contributed by atoms with Gasteiger partial charge in [0.15, 0.2) is 11.5 Å². The highest BCUT2D eigenvalue weighted by Gasteiger charge is 2.31. The molecule has 7 heteroatoms. The number of halogens is 1. The molecule has 2 atom stereocenters. The molecular formula is C31H35BrN2O4. The molecule has 1 N–H and O–H groups in total. The zero-order chi connectivity index (χ0) is 26.9. The van der Waals surface area contributed by atoms with Crippen molar-refractivity contribution in [2.45, 2.75) is 58.2 Å². The molecule has 3 aromatic carbocycles. The van der Waals surface area contributed by atoms with Crippen molar-refractivity contribution < 1.29 is 19.1 Å². The third kappa shape index (κ3) is 7.60. The Kier molecular flexibility index (Phi) is 9.82. The molecule has 0 unspecified atom stereocenters. The summed E-state index contributed by atoms with van der Waals surface area (Å²) in [4.78, 5) is 29.2. The van der Waals surface area contributed by atoms with Gasteiger partial charge in [-0.25, -0.2) is 0 Å². The van der Waals surface area contributed by atoms with Crippen LogP contribution in [0.3, 0.4) is 0 Å². The van der Waals surface area contributed by atoms with Gasteiger partial charge in [-0.3, -0.25) is 9.59 Å². The molecule has 0 aromatic heterocycles. The van der Waals surface area contributed by atoms with Crippen molar-refractivity contribution in [3.63, 3.8) is 0 Å². The van der Waals surface area contributed by atoms with Gasteiger partial charge in [0, 0.05) is 29.9 Å². The van der Waals surface area contributed by atoms with Crippen molar-refractivity contribution in [1.82, 2.24) is 10.2 Å². The summed E-state index contributed by atoms with van der Waals surface area (Å²) in [5, 5.41) is 3.12. The van der Waals surface area contributed by atoms with Crippen LogP contribution in [0.25, 0.3) is 0 Å². The number of carbonyl (C=O) groups is 2. The maximum Gasteiger partial charge on any atom is 0.243 e. The second-order valence-corrected chi connectivity index (χ2v) is 10.6. The second kappa shape index (κ2) is 13.5. The minimum atomic E-state index is -0.636. The first-order valence-electron chi connectivity index (χ1n) is 13.2. The van der Waals surface area contributed by atoms with Crippen LogP contribution in [-0.4, -0.2) is 42.0 Å². The number of hydrogen-bond acceptors (Lipinski definition) is 4. The quantitative estimate of drug-likeness (QED) is 0.316. The largest absolute Gasteiger partial charge is 0.486 e. The van der Waals surface area contributed by atoms with E-state index in [2.05, 4.69) is 21.2 Å². The number of ether oxygens (including phenoxy) is 2. The highest BCUT2D eigenvalue weighted by Crippen LogP contribution is 2.31. The van der Waals surface area contributed by atoms with E-state index in [1.165, 1.54) is 0 Å². The van der Waals surface area contributed by atoms with E-state index in [-0.39, 0.29) is 24.3 Å². The standard InChI is InChI=1S/C31H35BrN2O4/c1-3-22(2)33-31(36)27(19-23-7-5-4-6-8-23)34(21-25-9-13-26(32)14-10-25)30(35)16-12-24-11-15-28-29(20-24)38-18-17-37-28/h4-11,13-15,20,22,27H,3,12,16-19,21H2,1-2H3,(H,33,36)/t22-,27-/m1/s1. The van der Waals surface area contributed by atoms with E-state index in [4.69, 9.17) is 9.47 Å². The van der Waals surface area contributed by atoms with E-state index < -0.39 is 6.04 Å². The number of benzene rings is 3. The summed E-state index contributed by atoms with van der Waals surface area (Å²) in [5.41, 5.74) is 2.97. The first-order chi connectivity index (χ1) is 18.4. The Morgan fingerprint density at radius 3 is 2.32 bits per heavy atom. The van der Waals surface area contributed by atoms with Gasteiger partial charge >= 0.3 is 0 Å². The van der Waals surface area contributed by atoms with E-state index in [9.17, 15) is 9.59 Å². The summed E-state index contributed by atoms with van der Waals surface area (Å²) < 4.78 is 12.3. The Balaban J connectivity index is 1.59. The van der Waals surface area contributed by atoms with E-state index in [0.717, 1.165) is 33.3 Å². The fourth-order valence-electron chi connectivity index (χ4n) is 4.42. The van der Waals surface area contributed by atoms with Crippen LogP contribution in [0.4, 0.5) is 0 Å². The van der Waals surface area contributed by atoms with E-state index >= 15 is 0 Å². The second-order valence-electron chi connectivity index (χ2n) is 9.65. The smallest absolute Gasteiger partial charge is 0.243 e. The monoisotopic (exact) mass is 578 g/mol. The normalized spacial score (nSPS) is 13.9. The van der Waals surface area contributed by atoms with Gasteiger partial charge in [0.25, 0.3) is 0 Å². The molecule has 1 heterocycles. The first-order valence-corrected chi connectivity index (χ1v) is 14.0. The fraction of sp³-hybridized carbons (Fsp3) is 0.355. The van der Waals surface area contributed by atoms with Crippen LogP contribution in [0.5, 0.6) is 11.5 Å². The number of aryl methyl sites for hydroxylation is 1. The number of amides is 2. The van der Waals surface area contributed by atoms with Gasteiger partial charge in [0.1, 0.15) is 19.3 Å². The molecule has 2 amide bonds. The van der Waals surface area contributed by atoms with Crippen LogP contribution in [0.15, 0.2) is 77.3 Å². The van der Waals surface area contributed by atoms with Gasteiger partial charge in [0.05, 0.1) is 0 Å². The van der Waals surface area contributed by atoms with Gasteiger partial charge in [-0.15, -0.1) is 0 Å². The molecule has 0 saturated heterocycles. The van der Waals surface area contributed by atoms with Gasteiger partial charge in [0.2, 0.25) is 11.8 Å². The lowest BCUT2D eigenvalue weighted by molar-refractivity contribution is -0.141. The van der Waals surface area contributed by atoms with Crippen LogP contribution in [0.2, 0.25) is 0 Å². The maximum atomic E-state index is 13.8. The molecule has 38 heavy (non-hydrogen) atoms. The Labute approximate surface area is 233 Å². The van der Waals surface area contributed by atoms with Gasteiger partial charge in [-0.05, 0) is 60.7 Å². The topological polar surface area (TPSA) is 67.9 Å². The van der Waals surface area contributed by atoms with Gasteiger partial charge in [-0.2, -0.15) is 0 Å². The summed E-state index contributed by atoms with van der Waals surface area (Å²) >= 11 is 3.49. The summed E-state index contributed by atoms with van der Waals surface area (Å²) in [6.07, 6.45) is 2.07. The Hall–Kier alpha value is -3.32. The molecule has 1 aliphatic heterocycles. The third-order valence-electron chi connectivity index (χ3n) is 6.77. The number of fused-ring (bicyclic) bond motifs is 1. The van der Waals surface area contributed by atoms with Crippen molar-refractivity contribution in [2.24, 2.45) is 0 Å². The number of nitrogens with one attached hydrogen (secondary N) is 1. The number of rotatable bonds is 11. The van der Waals surface area contributed by atoms with Crippen molar-refractivity contribution in [3.8, 4) is 11.5 Å². The van der Waals surface area contributed by atoms with Crippen molar-refractivity contribution in [3.05, 3.63) is 94.0 Å². The molecule has 200 valence electrons. The predicted molar refractivity (Wildman–Crippen MR) is 152 cm³/mol. The van der Waals surface area contributed by atoms with E-state index in [0.29, 0.717) is 38.3 Å². The molecule has 0 fully saturated rings. The minimum absolute atomic E-state index is 0.0168. The molecule has 3 aromatic rings. The summed E-state index contributed by atoms with van der Waals surface area (Å²) in [7, 11) is 0. The zero-order valence-electron chi connectivity index (χ0n) is 22.0.